The minimum atomic E-state index is -1.25. The lowest BCUT2D eigenvalue weighted by atomic mass is 9.96. The fourth-order valence-corrected chi connectivity index (χ4v) is 3.75. The Balaban J connectivity index is 3.44. The number of ether oxygens (including phenoxy) is 1. The van der Waals surface area contributed by atoms with Gasteiger partial charge < -0.3 is 25.4 Å². The molecule has 0 spiro atoms. The molecule has 4 atom stereocenters. The quantitative estimate of drug-likeness (QED) is 0.449. The van der Waals surface area contributed by atoms with Gasteiger partial charge in [0.25, 0.3) is 0 Å². The van der Waals surface area contributed by atoms with Crippen molar-refractivity contribution < 1.29 is 24.2 Å². The molecule has 0 radical (unpaired) electrons. The molecule has 3 amide bonds. The highest BCUT2D eigenvalue weighted by atomic mass is 16.6. The van der Waals surface area contributed by atoms with E-state index >= 15 is 0 Å². The van der Waals surface area contributed by atoms with E-state index in [1.165, 1.54) is 4.90 Å². The lowest BCUT2D eigenvalue weighted by Gasteiger charge is -2.38. The summed E-state index contributed by atoms with van der Waals surface area (Å²) < 4.78 is 5.27. The lowest BCUT2D eigenvalue weighted by Crippen LogP contribution is -2.57. The first kappa shape index (κ1) is 29.4. The largest absolute Gasteiger partial charge is 0.444 e. The van der Waals surface area contributed by atoms with Crippen molar-refractivity contribution in [3.05, 3.63) is 35.4 Å². The van der Waals surface area contributed by atoms with Crippen molar-refractivity contribution in [2.24, 2.45) is 0 Å². The molecule has 192 valence electrons. The van der Waals surface area contributed by atoms with Gasteiger partial charge in [0.2, 0.25) is 11.8 Å². The number of rotatable bonds is 11. The van der Waals surface area contributed by atoms with Crippen molar-refractivity contribution in [3.8, 4) is 0 Å². The number of hydrogen-bond donors (Lipinski definition) is 3. The topological polar surface area (TPSA) is 108 Å². The van der Waals surface area contributed by atoms with Crippen LogP contribution in [0.5, 0.6) is 0 Å². The highest BCUT2D eigenvalue weighted by Gasteiger charge is 2.39. The van der Waals surface area contributed by atoms with Gasteiger partial charge in [-0.2, -0.15) is 0 Å². The molecule has 1 aromatic carbocycles. The zero-order valence-corrected chi connectivity index (χ0v) is 22.0. The zero-order chi connectivity index (χ0) is 26.1. The third-order valence-corrected chi connectivity index (χ3v) is 5.61. The molecule has 0 aliphatic heterocycles. The molecule has 8 nitrogen and oxygen atoms in total. The van der Waals surface area contributed by atoms with Crippen LogP contribution in [0.1, 0.15) is 84.9 Å². The Kier molecular flexibility index (Phi) is 11.5. The molecular formula is C26H43N3O5. The summed E-state index contributed by atoms with van der Waals surface area (Å²) in [5, 5.41) is 15.5. The van der Waals surface area contributed by atoms with Gasteiger partial charge >= 0.3 is 6.09 Å². The fraction of sp³-hybridized carbons (Fsp3) is 0.654. The molecule has 1 aromatic rings. The molecular weight excluding hydrogens is 434 g/mol. The molecule has 8 heteroatoms. The molecule has 0 aliphatic carbocycles. The molecule has 0 aromatic heterocycles. The van der Waals surface area contributed by atoms with Crippen LogP contribution in [0, 0.1) is 6.92 Å². The molecule has 1 rings (SSSR count). The van der Waals surface area contributed by atoms with Crippen LogP contribution >= 0.6 is 0 Å². The third kappa shape index (κ3) is 8.63. The monoisotopic (exact) mass is 477 g/mol. The number of aliphatic hydroxyl groups excluding tert-OH is 1. The molecule has 0 heterocycles. The van der Waals surface area contributed by atoms with Gasteiger partial charge in [0, 0.05) is 12.1 Å². The van der Waals surface area contributed by atoms with E-state index in [4.69, 9.17) is 4.74 Å². The molecule has 0 fully saturated rings. The minimum Gasteiger partial charge on any atom is -0.444 e. The fourth-order valence-electron chi connectivity index (χ4n) is 3.75. The van der Waals surface area contributed by atoms with Crippen LogP contribution in [-0.4, -0.2) is 58.2 Å². The van der Waals surface area contributed by atoms with Crippen molar-refractivity contribution in [3.63, 3.8) is 0 Å². The van der Waals surface area contributed by atoms with Gasteiger partial charge in [-0.15, -0.1) is 0 Å². The maximum atomic E-state index is 13.7. The number of carbonyl (C=O) groups excluding carboxylic acids is 3. The summed E-state index contributed by atoms with van der Waals surface area (Å²) in [6, 6.07) is 4.87. The van der Waals surface area contributed by atoms with E-state index in [0.29, 0.717) is 12.0 Å². The first-order valence-corrected chi connectivity index (χ1v) is 12.1. The average molecular weight is 478 g/mol. The summed E-state index contributed by atoms with van der Waals surface area (Å²) in [5.41, 5.74) is 0.807. The highest BCUT2D eigenvalue weighted by molar-refractivity contribution is 5.92. The van der Waals surface area contributed by atoms with Crippen molar-refractivity contribution >= 4 is 17.9 Å². The van der Waals surface area contributed by atoms with Crippen LogP contribution in [0.25, 0.3) is 0 Å². The summed E-state index contributed by atoms with van der Waals surface area (Å²) in [7, 11) is 0. The number of hydrogen-bond acceptors (Lipinski definition) is 5. The Labute approximate surface area is 204 Å². The van der Waals surface area contributed by atoms with Crippen molar-refractivity contribution in [2.75, 3.05) is 6.61 Å². The van der Waals surface area contributed by atoms with Gasteiger partial charge in [0.1, 0.15) is 17.7 Å². The van der Waals surface area contributed by atoms with E-state index in [-0.39, 0.29) is 18.0 Å². The van der Waals surface area contributed by atoms with Crippen molar-refractivity contribution in [1.82, 2.24) is 15.5 Å². The minimum absolute atomic E-state index is 0.0635. The van der Waals surface area contributed by atoms with E-state index in [0.717, 1.165) is 18.4 Å². The normalized spacial score (nSPS) is 15.0. The molecule has 0 saturated carbocycles. The van der Waals surface area contributed by atoms with E-state index < -0.39 is 36.3 Å². The molecule has 0 aliphatic rings. The maximum Gasteiger partial charge on any atom is 0.408 e. The van der Waals surface area contributed by atoms with Crippen LogP contribution < -0.4 is 10.6 Å². The molecule has 3 N–H and O–H groups in total. The SMILES string of the molecule is CCCC(C)NC(=O)C(c1ccccc1C)N(C(=O)C(CO)NC(=O)OC(C)(C)C)C(C)CC. The third-order valence-electron chi connectivity index (χ3n) is 5.61. The second-order valence-corrected chi connectivity index (χ2v) is 9.84. The number of nitrogens with zero attached hydrogens (tertiary/aromatic N) is 1. The summed E-state index contributed by atoms with van der Waals surface area (Å²) in [6.45, 7) is 14.2. The Hall–Kier alpha value is -2.61. The van der Waals surface area contributed by atoms with Crippen molar-refractivity contribution in [2.45, 2.75) is 104 Å². The first-order chi connectivity index (χ1) is 15.9. The summed E-state index contributed by atoms with van der Waals surface area (Å²) in [4.78, 5) is 41.1. The first-order valence-electron chi connectivity index (χ1n) is 12.1. The number of nitrogens with one attached hydrogen (secondary N) is 2. The lowest BCUT2D eigenvalue weighted by molar-refractivity contribution is -0.146. The van der Waals surface area contributed by atoms with E-state index in [2.05, 4.69) is 10.6 Å². The van der Waals surface area contributed by atoms with Gasteiger partial charge in [-0.05, 0) is 65.5 Å². The molecule has 34 heavy (non-hydrogen) atoms. The Morgan fingerprint density at radius 1 is 1.09 bits per heavy atom. The number of amides is 3. The average Bonchev–Trinajstić information content (AvgIpc) is 2.74. The van der Waals surface area contributed by atoms with Crippen LogP contribution in [0.2, 0.25) is 0 Å². The van der Waals surface area contributed by atoms with Crippen LogP contribution in [0.4, 0.5) is 4.79 Å². The number of aliphatic hydroxyl groups is 1. The Morgan fingerprint density at radius 3 is 2.21 bits per heavy atom. The number of alkyl carbamates (subject to hydrolysis) is 1. The van der Waals surface area contributed by atoms with Gasteiger partial charge in [-0.1, -0.05) is 44.5 Å². The smallest absolute Gasteiger partial charge is 0.408 e. The predicted octanol–water partition coefficient (Wildman–Crippen LogP) is 3.85. The summed E-state index contributed by atoms with van der Waals surface area (Å²) >= 11 is 0. The standard InChI is InChI=1S/C26H43N3O5/c1-9-13-18(4)27-23(31)22(20-15-12-11-14-17(20)3)29(19(5)10-2)24(32)21(16-30)28-25(33)34-26(6,7)8/h11-12,14-15,18-19,21-22,30H,9-10,13,16H2,1-8H3,(H,27,31)(H,28,33). The van der Waals surface area contributed by atoms with E-state index in [9.17, 15) is 19.5 Å². The van der Waals surface area contributed by atoms with E-state index in [1.807, 2.05) is 58.9 Å². The van der Waals surface area contributed by atoms with Crippen LogP contribution in [0.3, 0.4) is 0 Å². The van der Waals surface area contributed by atoms with Crippen LogP contribution in [-0.2, 0) is 14.3 Å². The number of benzene rings is 1. The Bertz CT molecular complexity index is 821. The molecule has 0 saturated heterocycles. The van der Waals surface area contributed by atoms with Gasteiger partial charge in [0.05, 0.1) is 6.61 Å². The van der Waals surface area contributed by atoms with Gasteiger partial charge in [-0.3, -0.25) is 9.59 Å². The maximum absolute atomic E-state index is 13.7. The Morgan fingerprint density at radius 2 is 1.71 bits per heavy atom. The zero-order valence-electron chi connectivity index (χ0n) is 22.0. The second-order valence-electron chi connectivity index (χ2n) is 9.84. The predicted molar refractivity (Wildman–Crippen MR) is 133 cm³/mol. The highest BCUT2D eigenvalue weighted by Crippen LogP contribution is 2.28. The van der Waals surface area contributed by atoms with Gasteiger partial charge in [-0.25, -0.2) is 4.79 Å². The molecule has 4 unspecified atom stereocenters. The van der Waals surface area contributed by atoms with Crippen molar-refractivity contribution in [1.29, 1.82) is 0 Å². The number of aryl methyl sites for hydroxylation is 1. The number of carbonyl (C=O) groups is 3. The van der Waals surface area contributed by atoms with Crippen LogP contribution in [0.15, 0.2) is 24.3 Å². The summed E-state index contributed by atoms with van der Waals surface area (Å²) in [6.07, 6.45) is 1.49. The van der Waals surface area contributed by atoms with Gasteiger partial charge in [0.15, 0.2) is 0 Å². The second kappa shape index (κ2) is 13.3. The molecule has 0 bridgehead atoms. The summed E-state index contributed by atoms with van der Waals surface area (Å²) in [5.74, 6) is -0.841. The van der Waals surface area contributed by atoms with E-state index in [1.54, 1.807) is 20.8 Å².